The van der Waals surface area contributed by atoms with Gasteiger partial charge in [0.1, 0.15) is 12.4 Å². The van der Waals surface area contributed by atoms with Crippen LogP contribution in [0.5, 0.6) is 5.75 Å². The summed E-state index contributed by atoms with van der Waals surface area (Å²) in [6.07, 6.45) is 0.578. The highest BCUT2D eigenvalue weighted by Gasteiger charge is 2.34. The van der Waals surface area contributed by atoms with Crippen molar-refractivity contribution in [3.63, 3.8) is 0 Å². The molecule has 0 aliphatic carbocycles. The summed E-state index contributed by atoms with van der Waals surface area (Å²) in [5.74, 6) is -0.581. The molecule has 4 rings (SSSR count). The van der Waals surface area contributed by atoms with Crippen LogP contribution in [-0.2, 0) is 21.4 Å². The third-order valence-corrected chi connectivity index (χ3v) is 8.84. The summed E-state index contributed by atoms with van der Waals surface area (Å²) in [5, 5.41) is 10.8. The molecule has 180 valence electrons. The lowest BCUT2D eigenvalue weighted by Crippen LogP contribution is -2.43. The van der Waals surface area contributed by atoms with Gasteiger partial charge in [-0.2, -0.15) is 8.42 Å². The van der Waals surface area contributed by atoms with Gasteiger partial charge in [-0.1, -0.05) is 12.1 Å². The van der Waals surface area contributed by atoms with Crippen molar-refractivity contribution in [2.75, 3.05) is 17.5 Å². The Kier molecular flexibility index (Phi) is 6.92. The molecular weight excluding hydrogens is 476 g/mol. The van der Waals surface area contributed by atoms with Crippen molar-refractivity contribution in [2.45, 2.75) is 44.2 Å². The van der Waals surface area contributed by atoms with Crippen LogP contribution in [0.15, 0.2) is 46.1 Å². The van der Waals surface area contributed by atoms with E-state index in [1.54, 1.807) is 24.4 Å². The third kappa shape index (κ3) is 5.08. The van der Waals surface area contributed by atoms with E-state index in [0.29, 0.717) is 23.7 Å². The van der Waals surface area contributed by atoms with Crippen molar-refractivity contribution < 1.29 is 27.8 Å². The van der Waals surface area contributed by atoms with Gasteiger partial charge in [0.15, 0.2) is 0 Å². The fraction of sp³-hybridized carbons (Fsp3) is 0.333. The van der Waals surface area contributed by atoms with E-state index in [-0.39, 0.29) is 29.2 Å². The minimum absolute atomic E-state index is 0.0257. The first-order chi connectivity index (χ1) is 16.1. The molecule has 1 N–H and O–H groups in total. The Morgan fingerprint density at radius 3 is 2.44 bits per heavy atom. The number of hydrogen-bond acceptors (Lipinski definition) is 7. The molecule has 0 bridgehead atoms. The van der Waals surface area contributed by atoms with E-state index in [1.807, 2.05) is 26.0 Å². The van der Waals surface area contributed by atoms with Gasteiger partial charge in [0, 0.05) is 17.7 Å². The van der Waals surface area contributed by atoms with Crippen LogP contribution in [0.25, 0.3) is 0 Å². The minimum atomic E-state index is -3.94. The van der Waals surface area contributed by atoms with Crippen LogP contribution in [0.1, 0.15) is 39.2 Å². The first-order valence-corrected chi connectivity index (χ1v) is 13.1. The second kappa shape index (κ2) is 9.73. The molecule has 0 amide bonds. The second-order valence-electron chi connectivity index (χ2n) is 8.27. The van der Waals surface area contributed by atoms with Gasteiger partial charge in [-0.3, -0.25) is 4.31 Å². The molecular formula is C24H26N2O6S2. The summed E-state index contributed by atoms with van der Waals surface area (Å²) < 4.78 is 40.3. The maximum absolute atomic E-state index is 13.7. The van der Waals surface area contributed by atoms with Crippen LogP contribution >= 0.6 is 11.3 Å². The second-order valence-corrected chi connectivity index (χ2v) is 11.2. The number of hydrogen-bond donors (Lipinski definition) is 1. The Morgan fingerprint density at radius 1 is 1.21 bits per heavy atom. The number of anilines is 1. The van der Waals surface area contributed by atoms with E-state index in [9.17, 15) is 13.2 Å². The summed E-state index contributed by atoms with van der Waals surface area (Å²) in [5.41, 5.74) is 3.91. The molecule has 2 aromatic carbocycles. The number of aromatic nitrogens is 1. The first-order valence-electron chi connectivity index (χ1n) is 10.8. The zero-order valence-electron chi connectivity index (χ0n) is 19.1. The van der Waals surface area contributed by atoms with Crippen molar-refractivity contribution in [3.05, 3.63) is 69.7 Å². The highest BCUT2D eigenvalue weighted by molar-refractivity contribution is 7.94. The van der Waals surface area contributed by atoms with Gasteiger partial charge in [0.2, 0.25) is 4.34 Å². The Morgan fingerprint density at radius 2 is 1.88 bits per heavy atom. The molecule has 1 atom stereocenters. The van der Waals surface area contributed by atoms with Crippen LogP contribution in [0.2, 0.25) is 0 Å². The standard InChI is InChI=1S/C24H26N2O6S2/c1-15-10-21(22(11-16(15)2)32-13-18-4-6-19(7-5-18)23(27)28)26(12-20-8-9-31-20)34(29,30)24-25-17(3)14-33-24/h4-7,10-11,14,20H,8-9,12-13H2,1-3H3,(H,27,28). The Balaban J connectivity index is 1.70. The zero-order chi connectivity index (χ0) is 24.5. The van der Waals surface area contributed by atoms with Crippen LogP contribution in [0.4, 0.5) is 5.69 Å². The molecule has 1 aliphatic rings. The quantitative estimate of drug-likeness (QED) is 0.464. The van der Waals surface area contributed by atoms with Gasteiger partial charge < -0.3 is 14.6 Å². The van der Waals surface area contributed by atoms with Gasteiger partial charge in [-0.25, -0.2) is 9.78 Å². The summed E-state index contributed by atoms with van der Waals surface area (Å²) in [6, 6.07) is 10.0. The molecule has 8 nitrogen and oxygen atoms in total. The molecule has 2 heterocycles. The maximum atomic E-state index is 13.7. The average molecular weight is 503 g/mol. The highest BCUT2D eigenvalue weighted by Crippen LogP contribution is 2.37. The monoisotopic (exact) mass is 502 g/mol. The van der Waals surface area contributed by atoms with E-state index in [1.165, 1.54) is 16.4 Å². The smallest absolute Gasteiger partial charge is 0.335 e. The van der Waals surface area contributed by atoms with Gasteiger partial charge >= 0.3 is 5.97 Å². The summed E-state index contributed by atoms with van der Waals surface area (Å²) in [6.45, 7) is 6.54. The molecule has 1 aliphatic heterocycles. The normalized spacial score (nSPS) is 15.6. The van der Waals surface area contributed by atoms with Gasteiger partial charge in [0.05, 0.1) is 23.9 Å². The number of carbonyl (C=O) groups is 1. The number of rotatable bonds is 9. The Bertz CT molecular complexity index is 1300. The first kappa shape index (κ1) is 24.2. The van der Waals surface area contributed by atoms with E-state index in [4.69, 9.17) is 14.6 Å². The number of ether oxygens (including phenoxy) is 2. The largest absolute Gasteiger partial charge is 0.487 e. The molecule has 3 aromatic rings. The number of aryl methyl sites for hydroxylation is 3. The van der Waals surface area contributed by atoms with Crippen molar-refractivity contribution in [3.8, 4) is 5.75 Å². The predicted molar refractivity (Wildman–Crippen MR) is 129 cm³/mol. The van der Waals surface area contributed by atoms with Crippen molar-refractivity contribution in [1.29, 1.82) is 0 Å². The van der Waals surface area contributed by atoms with Crippen molar-refractivity contribution in [1.82, 2.24) is 4.98 Å². The number of carboxylic acid groups (broad SMARTS) is 1. The highest BCUT2D eigenvalue weighted by atomic mass is 32.2. The summed E-state index contributed by atoms with van der Waals surface area (Å²) in [4.78, 5) is 15.3. The molecule has 1 unspecified atom stereocenters. The van der Waals surface area contributed by atoms with Gasteiger partial charge in [-0.05, 0) is 68.1 Å². The topological polar surface area (TPSA) is 106 Å². The molecule has 1 aromatic heterocycles. The third-order valence-electron chi connectivity index (χ3n) is 5.71. The Labute approximate surface area is 202 Å². The minimum Gasteiger partial charge on any atom is -0.487 e. The van der Waals surface area contributed by atoms with Gasteiger partial charge in [0.25, 0.3) is 10.0 Å². The summed E-state index contributed by atoms with van der Waals surface area (Å²) >= 11 is 1.09. The molecule has 0 saturated carbocycles. The molecule has 0 spiro atoms. The SMILES string of the molecule is Cc1csc(S(=O)(=O)N(CC2CCO2)c2cc(C)c(C)cc2OCc2ccc(C(=O)O)cc2)n1. The predicted octanol–water partition coefficient (Wildman–Crippen LogP) is 4.33. The number of thiazole rings is 1. The lowest BCUT2D eigenvalue weighted by molar-refractivity contribution is -0.0428. The lowest BCUT2D eigenvalue weighted by atomic mass is 10.1. The van der Waals surface area contributed by atoms with Crippen LogP contribution < -0.4 is 9.04 Å². The van der Waals surface area contributed by atoms with E-state index in [2.05, 4.69) is 4.98 Å². The van der Waals surface area contributed by atoms with E-state index in [0.717, 1.165) is 34.4 Å². The van der Waals surface area contributed by atoms with Crippen LogP contribution in [0, 0.1) is 20.8 Å². The van der Waals surface area contributed by atoms with E-state index < -0.39 is 16.0 Å². The number of benzene rings is 2. The fourth-order valence-electron chi connectivity index (χ4n) is 3.47. The Hall–Kier alpha value is -2.95. The molecule has 1 saturated heterocycles. The van der Waals surface area contributed by atoms with Crippen molar-refractivity contribution >= 4 is 33.0 Å². The number of carboxylic acids is 1. The zero-order valence-corrected chi connectivity index (χ0v) is 20.8. The molecule has 34 heavy (non-hydrogen) atoms. The van der Waals surface area contributed by atoms with Crippen LogP contribution in [0.3, 0.4) is 0 Å². The van der Waals surface area contributed by atoms with Gasteiger partial charge in [-0.15, -0.1) is 11.3 Å². The molecule has 10 heteroatoms. The van der Waals surface area contributed by atoms with E-state index >= 15 is 0 Å². The molecule has 0 radical (unpaired) electrons. The van der Waals surface area contributed by atoms with Crippen molar-refractivity contribution in [2.24, 2.45) is 0 Å². The number of nitrogens with zero attached hydrogens (tertiary/aromatic N) is 2. The number of aromatic carboxylic acids is 1. The summed E-state index contributed by atoms with van der Waals surface area (Å²) in [7, 11) is -3.94. The number of sulfonamides is 1. The maximum Gasteiger partial charge on any atom is 0.335 e. The average Bonchev–Trinajstić information content (AvgIpc) is 3.21. The van der Waals surface area contributed by atoms with Crippen LogP contribution in [-0.4, -0.2) is 43.7 Å². The molecule has 1 fully saturated rings. The fourth-order valence-corrected chi connectivity index (χ4v) is 6.11. The lowest BCUT2D eigenvalue weighted by Gasteiger charge is -2.33.